The fourth-order valence-electron chi connectivity index (χ4n) is 1.12. The Morgan fingerprint density at radius 1 is 1.53 bits per heavy atom. The van der Waals surface area contributed by atoms with Crippen LogP contribution in [0, 0.1) is 5.92 Å². The molecule has 0 amide bonds. The summed E-state index contributed by atoms with van der Waals surface area (Å²) in [6.07, 6.45) is 1.78. The third-order valence-corrected chi connectivity index (χ3v) is 2.07. The number of rotatable bonds is 5. The van der Waals surface area contributed by atoms with Gasteiger partial charge in [-0.2, -0.15) is 0 Å². The highest BCUT2D eigenvalue weighted by molar-refractivity contribution is 6.31. The van der Waals surface area contributed by atoms with Gasteiger partial charge in [0.05, 0.1) is 6.61 Å². The molecule has 0 aliphatic heterocycles. The number of nitrogens with one attached hydrogen (secondary N) is 1. The zero-order valence-electron chi connectivity index (χ0n) is 9.38. The van der Waals surface area contributed by atoms with Crippen molar-refractivity contribution in [3.63, 3.8) is 0 Å². The second-order valence-electron chi connectivity index (χ2n) is 3.87. The molecule has 1 aromatic rings. The predicted octanol–water partition coefficient (Wildman–Crippen LogP) is 2.49. The van der Waals surface area contributed by atoms with E-state index in [1.165, 1.54) is 0 Å². The van der Waals surface area contributed by atoms with Gasteiger partial charge in [-0.1, -0.05) is 25.4 Å². The van der Waals surface area contributed by atoms with E-state index in [1.54, 1.807) is 6.20 Å². The first-order valence-electron chi connectivity index (χ1n) is 5.05. The molecule has 0 saturated heterocycles. The molecule has 0 fully saturated rings. The Bertz CT molecular complexity index is 315. The van der Waals surface area contributed by atoms with Gasteiger partial charge in [0, 0.05) is 12.7 Å². The summed E-state index contributed by atoms with van der Waals surface area (Å²) in [5, 5.41) is 3.61. The number of aromatic nitrogens is 1. The average Bonchev–Trinajstić information content (AvgIpc) is 2.17. The summed E-state index contributed by atoms with van der Waals surface area (Å²) >= 11 is 6.03. The zero-order chi connectivity index (χ0) is 11.3. The zero-order valence-corrected chi connectivity index (χ0v) is 10.1. The Balaban J connectivity index is 2.66. The summed E-state index contributed by atoms with van der Waals surface area (Å²) in [5.74, 6) is 0.991. The van der Waals surface area contributed by atoms with Crippen LogP contribution in [0.15, 0.2) is 12.3 Å². The van der Waals surface area contributed by atoms with E-state index in [1.807, 2.05) is 13.1 Å². The molecule has 1 aromatic heterocycles. The molecule has 1 N–H and O–H groups in total. The van der Waals surface area contributed by atoms with Crippen LogP contribution in [-0.4, -0.2) is 18.6 Å². The van der Waals surface area contributed by atoms with Gasteiger partial charge in [-0.05, 0) is 24.6 Å². The maximum absolute atomic E-state index is 6.03. The van der Waals surface area contributed by atoms with E-state index >= 15 is 0 Å². The lowest BCUT2D eigenvalue weighted by Crippen LogP contribution is -2.08. The Hall–Kier alpha value is -0.800. The monoisotopic (exact) mass is 228 g/mol. The highest BCUT2D eigenvalue weighted by atomic mass is 35.5. The molecule has 0 unspecified atom stereocenters. The molecule has 0 spiro atoms. The molecule has 4 heteroatoms. The molecule has 0 aliphatic rings. The van der Waals surface area contributed by atoms with Crippen molar-refractivity contribution < 1.29 is 4.74 Å². The van der Waals surface area contributed by atoms with Crippen molar-refractivity contribution in [2.24, 2.45) is 5.92 Å². The maximum Gasteiger partial charge on any atom is 0.232 e. The number of pyridine rings is 1. The molecule has 3 nitrogen and oxygen atoms in total. The second kappa shape index (κ2) is 5.93. The summed E-state index contributed by atoms with van der Waals surface area (Å²) < 4.78 is 5.47. The molecular weight excluding hydrogens is 212 g/mol. The quantitative estimate of drug-likeness (QED) is 0.841. The lowest BCUT2D eigenvalue weighted by atomic mass is 10.2. The third-order valence-electron chi connectivity index (χ3n) is 1.80. The van der Waals surface area contributed by atoms with Crippen molar-refractivity contribution in [2.45, 2.75) is 20.4 Å². The SMILES string of the molecule is CNCc1cnc(OCC(C)C)c(Cl)c1. The number of ether oxygens (including phenoxy) is 1. The molecular formula is C11H17ClN2O. The van der Waals surface area contributed by atoms with Crippen LogP contribution >= 0.6 is 11.6 Å². The largest absolute Gasteiger partial charge is 0.476 e. The summed E-state index contributed by atoms with van der Waals surface area (Å²) in [6.45, 7) is 5.57. The van der Waals surface area contributed by atoms with Crippen LogP contribution in [0.1, 0.15) is 19.4 Å². The summed E-state index contributed by atoms with van der Waals surface area (Å²) in [6, 6.07) is 1.88. The van der Waals surface area contributed by atoms with Gasteiger partial charge in [0.25, 0.3) is 0 Å². The van der Waals surface area contributed by atoms with E-state index in [9.17, 15) is 0 Å². The van der Waals surface area contributed by atoms with Gasteiger partial charge in [0.1, 0.15) is 5.02 Å². The van der Waals surface area contributed by atoms with Gasteiger partial charge in [-0.25, -0.2) is 4.98 Å². The fourth-order valence-corrected chi connectivity index (χ4v) is 1.36. The Kier molecular flexibility index (Phi) is 4.85. The summed E-state index contributed by atoms with van der Waals surface area (Å²) in [5.41, 5.74) is 1.05. The topological polar surface area (TPSA) is 34.2 Å². The highest BCUT2D eigenvalue weighted by Crippen LogP contribution is 2.22. The van der Waals surface area contributed by atoms with Gasteiger partial charge >= 0.3 is 0 Å². The van der Waals surface area contributed by atoms with Crippen molar-refractivity contribution in [2.75, 3.05) is 13.7 Å². The first kappa shape index (κ1) is 12.3. The molecule has 0 aliphatic carbocycles. The standard InChI is InChI=1S/C11H17ClN2O/c1-8(2)7-15-11-10(12)4-9(5-13-3)6-14-11/h4,6,8,13H,5,7H2,1-3H3. The van der Waals surface area contributed by atoms with Crippen molar-refractivity contribution >= 4 is 11.6 Å². The normalized spacial score (nSPS) is 10.7. The predicted molar refractivity (Wildman–Crippen MR) is 62.3 cm³/mol. The summed E-state index contributed by atoms with van der Waals surface area (Å²) in [7, 11) is 1.89. The Labute approximate surface area is 95.8 Å². The maximum atomic E-state index is 6.03. The van der Waals surface area contributed by atoms with Gasteiger partial charge in [-0.15, -0.1) is 0 Å². The van der Waals surface area contributed by atoms with Crippen molar-refractivity contribution in [3.8, 4) is 5.88 Å². The van der Waals surface area contributed by atoms with Gasteiger partial charge in [0.2, 0.25) is 5.88 Å². The average molecular weight is 229 g/mol. The molecule has 0 radical (unpaired) electrons. The third kappa shape index (κ3) is 4.06. The first-order chi connectivity index (χ1) is 7.13. The molecule has 0 saturated carbocycles. The van der Waals surface area contributed by atoms with E-state index in [4.69, 9.17) is 16.3 Å². The molecule has 1 rings (SSSR count). The van der Waals surface area contributed by atoms with E-state index in [2.05, 4.69) is 24.1 Å². The smallest absolute Gasteiger partial charge is 0.232 e. The molecule has 0 bridgehead atoms. The van der Waals surface area contributed by atoms with Crippen LogP contribution in [-0.2, 0) is 6.54 Å². The lowest BCUT2D eigenvalue weighted by Gasteiger charge is -2.09. The van der Waals surface area contributed by atoms with Gasteiger partial charge < -0.3 is 10.1 Å². The van der Waals surface area contributed by atoms with Crippen LogP contribution in [0.25, 0.3) is 0 Å². The van der Waals surface area contributed by atoms with Crippen LogP contribution in [0.2, 0.25) is 5.02 Å². The van der Waals surface area contributed by atoms with E-state index in [0.29, 0.717) is 23.4 Å². The minimum absolute atomic E-state index is 0.472. The van der Waals surface area contributed by atoms with Crippen LogP contribution in [0.5, 0.6) is 5.88 Å². The van der Waals surface area contributed by atoms with E-state index < -0.39 is 0 Å². The molecule has 0 atom stereocenters. The van der Waals surface area contributed by atoms with E-state index in [-0.39, 0.29) is 0 Å². The van der Waals surface area contributed by atoms with Gasteiger partial charge in [-0.3, -0.25) is 0 Å². The highest BCUT2D eigenvalue weighted by Gasteiger charge is 2.05. The molecule has 84 valence electrons. The number of hydrogen-bond donors (Lipinski definition) is 1. The number of nitrogens with zero attached hydrogens (tertiary/aromatic N) is 1. The fraction of sp³-hybridized carbons (Fsp3) is 0.545. The van der Waals surface area contributed by atoms with Crippen molar-refractivity contribution in [1.29, 1.82) is 0 Å². The van der Waals surface area contributed by atoms with E-state index in [0.717, 1.165) is 12.1 Å². The Morgan fingerprint density at radius 2 is 2.27 bits per heavy atom. The molecule has 15 heavy (non-hydrogen) atoms. The van der Waals surface area contributed by atoms with Crippen LogP contribution in [0.3, 0.4) is 0 Å². The van der Waals surface area contributed by atoms with Crippen LogP contribution < -0.4 is 10.1 Å². The number of halogens is 1. The lowest BCUT2D eigenvalue weighted by molar-refractivity contribution is 0.261. The van der Waals surface area contributed by atoms with Gasteiger partial charge in [0.15, 0.2) is 0 Å². The number of hydrogen-bond acceptors (Lipinski definition) is 3. The minimum Gasteiger partial charge on any atom is -0.476 e. The van der Waals surface area contributed by atoms with Crippen molar-refractivity contribution in [1.82, 2.24) is 10.3 Å². The first-order valence-corrected chi connectivity index (χ1v) is 5.43. The van der Waals surface area contributed by atoms with Crippen LogP contribution in [0.4, 0.5) is 0 Å². The molecule has 1 heterocycles. The summed E-state index contributed by atoms with van der Waals surface area (Å²) in [4.78, 5) is 4.17. The second-order valence-corrected chi connectivity index (χ2v) is 4.27. The van der Waals surface area contributed by atoms with Crippen molar-refractivity contribution in [3.05, 3.63) is 22.8 Å². The minimum atomic E-state index is 0.472. The Morgan fingerprint density at radius 3 is 2.80 bits per heavy atom. The molecule has 0 aromatic carbocycles.